The van der Waals surface area contributed by atoms with Crippen molar-refractivity contribution < 1.29 is 19.2 Å². The highest BCUT2D eigenvalue weighted by atomic mass is 16.2. The van der Waals surface area contributed by atoms with E-state index in [2.05, 4.69) is 45.6 Å². The Kier molecular flexibility index (Phi) is 8.18. The maximum atomic E-state index is 13.4. The van der Waals surface area contributed by atoms with E-state index in [0.717, 1.165) is 29.2 Å². The molecule has 4 amide bonds. The Hall–Kier alpha value is -4.50. The number of hydrogen-bond acceptors (Lipinski definition) is 5. The van der Waals surface area contributed by atoms with Crippen LogP contribution in [0.25, 0.3) is 10.8 Å². The lowest BCUT2D eigenvalue weighted by Gasteiger charge is -2.21. The van der Waals surface area contributed by atoms with Gasteiger partial charge in [-0.2, -0.15) is 0 Å². The van der Waals surface area contributed by atoms with E-state index in [-0.39, 0.29) is 24.9 Å². The highest BCUT2D eigenvalue weighted by Gasteiger charge is 2.46. The van der Waals surface area contributed by atoms with Gasteiger partial charge in [0.2, 0.25) is 0 Å². The van der Waals surface area contributed by atoms with E-state index < -0.39 is 17.4 Å². The van der Waals surface area contributed by atoms with Gasteiger partial charge >= 0.3 is 11.8 Å². The number of nitrogens with zero attached hydrogens (tertiary/aromatic N) is 1. The van der Waals surface area contributed by atoms with E-state index in [1.165, 1.54) is 17.2 Å². The summed E-state index contributed by atoms with van der Waals surface area (Å²) < 4.78 is 0. The van der Waals surface area contributed by atoms with Crippen LogP contribution in [0.5, 0.6) is 0 Å². The third kappa shape index (κ3) is 6.07. The van der Waals surface area contributed by atoms with Crippen LogP contribution in [0.1, 0.15) is 34.3 Å². The second-order valence-electron chi connectivity index (χ2n) is 9.14. The Morgan fingerprint density at radius 2 is 1.58 bits per heavy atom. The molecule has 4 N–H and O–H groups in total. The first-order valence-corrected chi connectivity index (χ1v) is 12.4. The fourth-order valence-electron chi connectivity index (χ4n) is 4.28. The fourth-order valence-corrected chi connectivity index (χ4v) is 4.28. The van der Waals surface area contributed by atoms with Crippen LogP contribution in [0.15, 0.2) is 78.9 Å². The van der Waals surface area contributed by atoms with Crippen LogP contribution in [-0.4, -0.2) is 49.3 Å². The summed E-state index contributed by atoms with van der Waals surface area (Å²) in [5, 5.41) is 11.7. The molecule has 0 unspecified atom stereocenters. The minimum Gasteiger partial charge on any atom is -0.344 e. The summed E-state index contributed by atoms with van der Waals surface area (Å²) in [6, 6.07) is 21.2. The van der Waals surface area contributed by atoms with Gasteiger partial charge in [-0.3, -0.25) is 24.2 Å². The largest absolute Gasteiger partial charge is 0.344 e. The van der Waals surface area contributed by atoms with Gasteiger partial charge in [-0.05, 0) is 40.8 Å². The normalized spacial score (nSPS) is 13.6. The van der Waals surface area contributed by atoms with Gasteiger partial charge in [0.1, 0.15) is 0 Å². The second kappa shape index (κ2) is 11.7. The van der Waals surface area contributed by atoms with Crippen molar-refractivity contribution in [1.82, 2.24) is 26.4 Å². The third-order valence-corrected chi connectivity index (χ3v) is 6.62. The second-order valence-corrected chi connectivity index (χ2v) is 9.14. The Bertz CT molecular complexity index is 1390. The molecule has 1 aliphatic rings. The first kappa shape index (κ1) is 26.6. The first-order chi connectivity index (χ1) is 18.3. The van der Waals surface area contributed by atoms with Gasteiger partial charge < -0.3 is 16.0 Å². The van der Waals surface area contributed by atoms with E-state index in [4.69, 9.17) is 0 Å². The molecule has 9 heteroatoms. The number of carbonyl (C=O) groups excluding carboxylic acids is 4. The van der Waals surface area contributed by atoms with Gasteiger partial charge in [-0.25, -0.2) is 5.43 Å². The maximum absolute atomic E-state index is 13.4. The molecule has 196 valence electrons. The lowest BCUT2D eigenvalue weighted by molar-refractivity contribution is -0.139. The number of amides is 4. The number of rotatable bonds is 9. The number of carbonyl (C=O) groups is 4. The van der Waals surface area contributed by atoms with Crippen LogP contribution in [0.3, 0.4) is 0 Å². The molecule has 0 aromatic heterocycles. The molecular weight excluding hydrogens is 482 g/mol. The molecule has 4 rings (SSSR count). The molecule has 0 aliphatic heterocycles. The van der Waals surface area contributed by atoms with Gasteiger partial charge in [-0.15, -0.1) is 0 Å². The minimum absolute atomic E-state index is 0.0123. The summed E-state index contributed by atoms with van der Waals surface area (Å²) in [5.74, 6) is -2.19. The van der Waals surface area contributed by atoms with Crippen molar-refractivity contribution in [3.8, 4) is 0 Å². The summed E-state index contributed by atoms with van der Waals surface area (Å²) in [7, 11) is 3.17. The van der Waals surface area contributed by atoms with Gasteiger partial charge in [-0.1, -0.05) is 66.7 Å². The molecule has 3 aromatic rings. The molecule has 1 aliphatic carbocycles. The molecule has 0 radical (unpaired) electrons. The molecule has 1 fully saturated rings. The number of likely N-dealkylation sites (N-methyl/N-ethyl adjacent to an activating group) is 1. The number of benzene rings is 3. The first-order valence-electron chi connectivity index (χ1n) is 12.4. The topological polar surface area (TPSA) is 120 Å². The minimum atomic E-state index is -0.834. The van der Waals surface area contributed by atoms with Crippen LogP contribution < -0.4 is 21.4 Å². The van der Waals surface area contributed by atoms with E-state index in [1.54, 1.807) is 38.4 Å². The predicted molar refractivity (Wildman–Crippen MR) is 145 cm³/mol. The SMILES string of the molecule is CNN(C)C(=O)/C=C/CNC(=O)C(=O)NCc1ccccc1C(=O)NC1(c2cccc3ccccc23)CC1. The molecule has 3 aromatic carbocycles. The standard InChI is InChI=1S/C29H31N5O4/c1-30-34(2)25(35)15-8-18-31-27(37)28(38)32-19-21-10-4-6-13-23(21)26(36)33-29(16-17-29)24-14-7-11-20-9-3-5-12-22(20)24/h3-15,30H,16-19H2,1-2H3,(H,31,37)(H,32,38)(H,33,36)/b15-8+. The summed E-state index contributed by atoms with van der Waals surface area (Å²) in [6.07, 6.45) is 4.42. The molecule has 1 saturated carbocycles. The third-order valence-electron chi connectivity index (χ3n) is 6.62. The van der Waals surface area contributed by atoms with Crippen LogP contribution in [0, 0.1) is 0 Å². The van der Waals surface area contributed by atoms with Gasteiger partial charge in [0.25, 0.3) is 11.8 Å². The van der Waals surface area contributed by atoms with Crippen molar-refractivity contribution in [3.05, 3.63) is 95.6 Å². The zero-order valence-electron chi connectivity index (χ0n) is 21.4. The van der Waals surface area contributed by atoms with Gasteiger partial charge in [0.05, 0.1) is 5.54 Å². The number of hydrazine groups is 1. The zero-order chi connectivity index (χ0) is 27.1. The van der Waals surface area contributed by atoms with Crippen LogP contribution >= 0.6 is 0 Å². The monoisotopic (exact) mass is 513 g/mol. The number of nitrogens with one attached hydrogen (secondary N) is 4. The predicted octanol–water partition coefficient (Wildman–Crippen LogP) is 2.14. The van der Waals surface area contributed by atoms with E-state index in [9.17, 15) is 19.2 Å². The van der Waals surface area contributed by atoms with Crippen LogP contribution in [0.4, 0.5) is 0 Å². The lowest BCUT2D eigenvalue weighted by atomic mass is 9.96. The van der Waals surface area contributed by atoms with Crippen molar-refractivity contribution in [3.63, 3.8) is 0 Å². The molecular formula is C29H31N5O4. The molecule has 0 atom stereocenters. The van der Waals surface area contributed by atoms with E-state index >= 15 is 0 Å². The molecule has 0 spiro atoms. The fraction of sp³-hybridized carbons (Fsp3) is 0.241. The highest BCUT2D eigenvalue weighted by molar-refractivity contribution is 6.35. The number of hydrogen-bond donors (Lipinski definition) is 4. The van der Waals surface area contributed by atoms with Crippen molar-refractivity contribution in [1.29, 1.82) is 0 Å². The number of fused-ring (bicyclic) bond motifs is 1. The summed E-state index contributed by atoms with van der Waals surface area (Å²) in [6.45, 7) is 0.0309. The highest BCUT2D eigenvalue weighted by Crippen LogP contribution is 2.48. The Morgan fingerprint density at radius 1 is 0.895 bits per heavy atom. The molecule has 0 saturated heterocycles. The Labute approximate surface area is 221 Å². The molecule has 0 heterocycles. The molecule has 0 bridgehead atoms. The Morgan fingerprint density at radius 3 is 2.34 bits per heavy atom. The van der Waals surface area contributed by atoms with Crippen molar-refractivity contribution in [2.75, 3.05) is 20.6 Å². The van der Waals surface area contributed by atoms with Gasteiger partial charge in [0, 0.05) is 38.8 Å². The smallest absolute Gasteiger partial charge is 0.309 e. The van der Waals surface area contributed by atoms with Crippen LogP contribution in [0.2, 0.25) is 0 Å². The van der Waals surface area contributed by atoms with Crippen molar-refractivity contribution in [2.45, 2.75) is 24.9 Å². The Balaban J connectivity index is 1.36. The summed E-state index contributed by atoms with van der Waals surface area (Å²) in [5.41, 5.74) is 4.37. The van der Waals surface area contributed by atoms with Crippen molar-refractivity contribution in [2.24, 2.45) is 0 Å². The maximum Gasteiger partial charge on any atom is 0.309 e. The van der Waals surface area contributed by atoms with Crippen molar-refractivity contribution >= 4 is 34.4 Å². The van der Waals surface area contributed by atoms with Gasteiger partial charge in [0.15, 0.2) is 0 Å². The summed E-state index contributed by atoms with van der Waals surface area (Å²) >= 11 is 0. The van der Waals surface area contributed by atoms with Crippen LogP contribution in [-0.2, 0) is 26.5 Å². The molecule has 38 heavy (non-hydrogen) atoms. The average molecular weight is 514 g/mol. The quantitative estimate of drug-likeness (QED) is 0.199. The lowest BCUT2D eigenvalue weighted by Crippen LogP contribution is -2.40. The average Bonchev–Trinajstić information content (AvgIpc) is 3.73. The van der Waals surface area contributed by atoms with E-state index in [0.29, 0.717) is 11.1 Å². The van der Waals surface area contributed by atoms with E-state index in [1.807, 2.05) is 18.2 Å². The molecule has 9 nitrogen and oxygen atoms in total. The summed E-state index contributed by atoms with van der Waals surface area (Å²) in [4.78, 5) is 49.5. The zero-order valence-corrected chi connectivity index (χ0v) is 21.4.